The first-order valence-electron chi connectivity index (χ1n) is 5.90. The molecule has 0 atom stereocenters. The van der Waals surface area contributed by atoms with E-state index in [-0.39, 0.29) is 17.7 Å². The summed E-state index contributed by atoms with van der Waals surface area (Å²) in [6, 6.07) is 9.09. The highest BCUT2D eigenvalue weighted by atomic mass is 35.5. The average molecular weight is 291 g/mol. The van der Waals surface area contributed by atoms with Gasteiger partial charge >= 0.3 is 5.97 Å². The van der Waals surface area contributed by atoms with Crippen LogP contribution < -0.4 is 0 Å². The van der Waals surface area contributed by atoms with E-state index in [1.807, 2.05) is 6.07 Å². The third-order valence-corrected chi connectivity index (χ3v) is 2.75. The van der Waals surface area contributed by atoms with Gasteiger partial charge in [0.15, 0.2) is 0 Å². The number of aromatic nitrogens is 3. The van der Waals surface area contributed by atoms with E-state index in [0.29, 0.717) is 12.1 Å². The van der Waals surface area contributed by atoms with Gasteiger partial charge in [0.1, 0.15) is 0 Å². The van der Waals surface area contributed by atoms with E-state index in [4.69, 9.17) is 21.6 Å². The molecule has 2 aromatic rings. The Labute approximate surface area is 120 Å². The third-order valence-electron chi connectivity index (χ3n) is 2.47. The maximum atomic E-state index is 11.5. The lowest BCUT2D eigenvalue weighted by Gasteiger charge is -2.02. The summed E-state index contributed by atoms with van der Waals surface area (Å²) in [6.07, 6.45) is 0. The maximum Gasteiger partial charge on any atom is 0.378 e. The molecule has 20 heavy (non-hydrogen) atoms. The standard InChI is InChI=1S/C13H11ClN4O2/c1-2-20-12(19)11-16-13(14)18(17-11)8-10-5-3-4-9(6-10)7-15/h3-6H,2,8H2,1H3. The van der Waals surface area contributed by atoms with E-state index in [1.165, 1.54) is 4.68 Å². The number of hydrogen-bond acceptors (Lipinski definition) is 5. The molecule has 0 bridgehead atoms. The van der Waals surface area contributed by atoms with Crippen LogP contribution in [0.5, 0.6) is 0 Å². The monoisotopic (exact) mass is 290 g/mol. The highest BCUT2D eigenvalue weighted by molar-refractivity contribution is 6.28. The number of benzene rings is 1. The highest BCUT2D eigenvalue weighted by Crippen LogP contribution is 2.11. The van der Waals surface area contributed by atoms with Crippen LogP contribution in [0.25, 0.3) is 0 Å². The van der Waals surface area contributed by atoms with Crippen molar-refractivity contribution < 1.29 is 9.53 Å². The van der Waals surface area contributed by atoms with Crippen LogP contribution in [0.1, 0.15) is 28.7 Å². The smallest absolute Gasteiger partial charge is 0.378 e. The molecular formula is C13H11ClN4O2. The lowest BCUT2D eigenvalue weighted by atomic mass is 10.1. The normalized spacial score (nSPS) is 10.1. The van der Waals surface area contributed by atoms with Gasteiger partial charge in [-0.1, -0.05) is 12.1 Å². The van der Waals surface area contributed by atoms with Crippen LogP contribution in [0.4, 0.5) is 0 Å². The predicted molar refractivity (Wildman–Crippen MR) is 71.2 cm³/mol. The number of hydrogen-bond donors (Lipinski definition) is 0. The van der Waals surface area contributed by atoms with Crippen LogP contribution in [-0.2, 0) is 11.3 Å². The van der Waals surface area contributed by atoms with Crippen molar-refractivity contribution in [1.82, 2.24) is 14.8 Å². The lowest BCUT2D eigenvalue weighted by molar-refractivity contribution is 0.0511. The number of halogens is 1. The Kier molecular flexibility index (Phi) is 4.33. The Morgan fingerprint density at radius 1 is 1.55 bits per heavy atom. The van der Waals surface area contributed by atoms with Gasteiger partial charge in [-0.15, -0.1) is 5.10 Å². The van der Waals surface area contributed by atoms with Crippen molar-refractivity contribution in [1.29, 1.82) is 5.26 Å². The molecule has 6 nitrogen and oxygen atoms in total. The molecular weight excluding hydrogens is 280 g/mol. The number of rotatable bonds is 4. The first kappa shape index (κ1) is 14.0. The molecule has 1 aromatic carbocycles. The third kappa shape index (κ3) is 3.13. The summed E-state index contributed by atoms with van der Waals surface area (Å²) in [5.41, 5.74) is 1.38. The summed E-state index contributed by atoms with van der Waals surface area (Å²) in [7, 11) is 0. The molecule has 0 fully saturated rings. The van der Waals surface area contributed by atoms with Crippen LogP contribution in [-0.4, -0.2) is 27.3 Å². The minimum atomic E-state index is -0.612. The summed E-state index contributed by atoms with van der Waals surface area (Å²) in [5.74, 6) is -0.688. The average Bonchev–Trinajstić information content (AvgIpc) is 2.81. The molecule has 2 rings (SSSR count). The van der Waals surface area contributed by atoms with Gasteiger partial charge < -0.3 is 4.74 Å². The zero-order valence-corrected chi connectivity index (χ0v) is 11.5. The molecule has 0 aliphatic rings. The van der Waals surface area contributed by atoms with Gasteiger partial charge in [-0.05, 0) is 36.2 Å². The first-order valence-corrected chi connectivity index (χ1v) is 6.28. The van der Waals surface area contributed by atoms with Crippen molar-refractivity contribution in [3.8, 4) is 6.07 Å². The quantitative estimate of drug-likeness (QED) is 0.805. The van der Waals surface area contributed by atoms with Gasteiger partial charge in [0.05, 0.1) is 24.8 Å². The number of carbonyl (C=O) groups is 1. The second-order valence-electron chi connectivity index (χ2n) is 3.89. The van der Waals surface area contributed by atoms with E-state index in [9.17, 15) is 4.79 Å². The van der Waals surface area contributed by atoms with Gasteiger partial charge in [0.2, 0.25) is 5.28 Å². The summed E-state index contributed by atoms with van der Waals surface area (Å²) in [6.45, 7) is 2.26. The Bertz CT molecular complexity index is 675. The van der Waals surface area contributed by atoms with E-state index in [2.05, 4.69) is 16.2 Å². The molecule has 7 heteroatoms. The summed E-state index contributed by atoms with van der Waals surface area (Å²) >= 11 is 5.93. The maximum absolute atomic E-state index is 11.5. The predicted octanol–water partition coefficient (Wildman–Crippen LogP) is 2.03. The number of ether oxygens (including phenoxy) is 1. The summed E-state index contributed by atoms with van der Waals surface area (Å²) in [4.78, 5) is 15.3. The summed E-state index contributed by atoms with van der Waals surface area (Å²) < 4.78 is 6.18. The molecule has 0 N–H and O–H groups in total. The minimum Gasteiger partial charge on any atom is -0.460 e. The van der Waals surface area contributed by atoms with Crippen molar-refractivity contribution in [2.75, 3.05) is 6.61 Å². The number of carbonyl (C=O) groups excluding carboxylic acids is 1. The van der Waals surface area contributed by atoms with Crippen LogP contribution >= 0.6 is 11.6 Å². The van der Waals surface area contributed by atoms with Crippen LogP contribution in [0.15, 0.2) is 24.3 Å². The Morgan fingerprint density at radius 3 is 3.05 bits per heavy atom. The van der Waals surface area contributed by atoms with Gasteiger partial charge in [0.25, 0.3) is 5.82 Å². The van der Waals surface area contributed by atoms with Crippen molar-refractivity contribution in [3.05, 3.63) is 46.5 Å². The second-order valence-corrected chi connectivity index (χ2v) is 4.23. The number of esters is 1. The fraction of sp³-hybridized carbons (Fsp3) is 0.231. The fourth-order valence-electron chi connectivity index (χ4n) is 1.62. The van der Waals surface area contributed by atoms with Gasteiger partial charge in [0, 0.05) is 0 Å². The van der Waals surface area contributed by atoms with Gasteiger partial charge in [-0.2, -0.15) is 10.2 Å². The molecule has 0 spiro atoms. The van der Waals surface area contributed by atoms with E-state index < -0.39 is 5.97 Å². The number of nitriles is 1. The molecule has 0 aliphatic carbocycles. The van der Waals surface area contributed by atoms with Crippen molar-refractivity contribution in [2.45, 2.75) is 13.5 Å². The summed E-state index contributed by atoms with van der Waals surface area (Å²) in [5, 5.41) is 12.9. The van der Waals surface area contributed by atoms with E-state index >= 15 is 0 Å². The second kappa shape index (κ2) is 6.17. The van der Waals surface area contributed by atoms with Crippen LogP contribution in [0.2, 0.25) is 5.28 Å². The SMILES string of the molecule is CCOC(=O)c1nc(Cl)n(Cc2cccc(C#N)c2)n1. The Morgan fingerprint density at radius 2 is 2.35 bits per heavy atom. The fourth-order valence-corrected chi connectivity index (χ4v) is 1.80. The largest absolute Gasteiger partial charge is 0.460 e. The molecule has 102 valence electrons. The van der Waals surface area contributed by atoms with Crippen molar-refractivity contribution >= 4 is 17.6 Å². The van der Waals surface area contributed by atoms with Gasteiger partial charge in [-0.25, -0.2) is 9.48 Å². The van der Waals surface area contributed by atoms with E-state index in [1.54, 1.807) is 25.1 Å². The minimum absolute atomic E-state index is 0.0757. The molecule has 1 aromatic heterocycles. The van der Waals surface area contributed by atoms with Crippen molar-refractivity contribution in [2.24, 2.45) is 0 Å². The molecule has 0 aliphatic heterocycles. The number of nitrogens with zero attached hydrogens (tertiary/aromatic N) is 4. The zero-order chi connectivity index (χ0) is 14.5. The van der Waals surface area contributed by atoms with E-state index in [0.717, 1.165) is 5.56 Å². The zero-order valence-electron chi connectivity index (χ0n) is 10.7. The first-order chi connectivity index (χ1) is 9.63. The molecule has 0 amide bonds. The van der Waals surface area contributed by atoms with Gasteiger partial charge in [-0.3, -0.25) is 0 Å². The van der Waals surface area contributed by atoms with Crippen LogP contribution in [0, 0.1) is 11.3 Å². The topological polar surface area (TPSA) is 80.8 Å². The molecule has 1 heterocycles. The molecule has 0 radical (unpaired) electrons. The highest BCUT2D eigenvalue weighted by Gasteiger charge is 2.16. The molecule has 0 saturated heterocycles. The molecule has 0 unspecified atom stereocenters. The molecule has 0 saturated carbocycles. The Balaban J connectivity index is 2.21. The Hall–Kier alpha value is -2.39. The van der Waals surface area contributed by atoms with Crippen LogP contribution in [0.3, 0.4) is 0 Å². The van der Waals surface area contributed by atoms with Crippen molar-refractivity contribution in [3.63, 3.8) is 0 Å². The lowest BCUT2D eigenvalue weighted by Crippen LogP contribution is -2.08.